The van der Waals surface area contributed by atoms with Crippen molar-refractivity contribution in [2.45, 2.75) is 20.8 Å². The van der Waals surface area contributed by atoms with Crippen LogP contribution in [0.15, 0.2) is 54.9 Å². The second kappa shape index (κ2) is 10.9. The molecule has 0 saturated heterocycles. The molecule has 1 aromatic heterocycles. The van der Waals surface area contributed by atoms with E-state index in [0.29, 0.717) is 23.4 Å². The minimum atomic E-state index is -0.666. The number of carbonyl (C=O) groups is 2. The first-order valence-corrected chi connectivity index (χ1v) is 10.4. The standard InChI is InChI=1S/C23H24N6O5/c1-14(2)12-34-23(31)17-8-10-18(11-9-17)26-20-19(29(32)33)21(25-13-24-20)27-28-22(30)16-6-4-15(3)5-7-16/h4-11,13-14H,12H2,1-3H3,(H,28,30)(H2,24,25,26,27). The number of nitrogens with one attached hydrogen (secondary N) is 3. The summed E-state index contributed by atoms with van der Waals surface area (Å²) in [5.41, 5.74) is 6.59. The molecule has 0 radical (unpaired) electrons. The Hall–Kier alpha value is -4.54. The Kier molecular flexibility index (Phi) is 7.70. The van der Waals surface area contributed by atoms with Gasteiger partial charge >= 0.3 is 11.7 Å². The van der Waals surface area contributed by atoms with Gasteiger partial charge in [0.2, 0.25) is 11.6 Å². The summed E-state index contributed by atoms with van der Waals surface area (Å²) in [6.07, 6.45) is 1.12. The second-order valence-electron chi connectivity index (χ2n) is 7.82. The zero-order chi connectivity index (χ0) is 24.7. The van der Waals surface area contributed by atoms with Crippen molar-refractivity contribution >= 4 is 34.9 Å². The first-order valence-electron chi connectivity index (χ1n) is 10.4. The van der Waals surface area contributed by atoms with Crippen molar-refractivity contribution in [2.75, 3.05) is 17.3 Å². The molecule has 11 nitrogen and oxygen atoms in total. The average Bonchev–Trinajstić information content (AvgIpc) is 2.81. The zero-order valence-corrected chi connectivity index (χ0v) is 18.9. The molecule has 0 fully saturated rings. The molecule has 0 aliphatic rings. The van der Waals surface area contributed by atoms with E-state index < -0.39 is 22.5 Å². The van der Waals surface area contributed by atoms with Crippen LogP contribution in [-0.2, 0) is 4.74 Å². The number of esters is 1. The molecule has 0 bridgehead atoms. The van der Waals surface area contributed by atoms with E-state index in [1.807, 2.05) is 20.8 Å². The maximum atomic E-state index is 12.3. The monoisotopic (exact) mass is 464 g/mol. The van der Waals surface area contributed by atoms with Crippen LogP contribution >= 0.6 is 0 Å². The molecule has 1 amide bonds. The Bertz CT molecular complexity index is 1180. The van der Waals surface area contributed by atoms with Crippen LogP contribution < -0.4 is 16.2 Å². The topological polar surface area (TPSA) is 148 Å². The summed E-state index contributed by atoms with van der Waals surface area (Å²) in [5.74, 6) is -1.02. The first kappa shape index (κ1) is 24.1. The van der Waals surface area contributed by atoms with Crippen molar-refractivity contribution in [3.63, 3.8) is 0 Å². The summed E-state index contributed by atoms with van der Waals surface area (Å²) in [5, 5.41) is 14.6. The number of hydrazine groups is 1. The summed E-state index contributed by atoms with van der Waals surface area (Å²) in [7, 11) is 0. The van der Waals surface area contributed by atoms with Crippen molar-refractivity contribution in [2.24, 2.45) is 5.92 Å². The number of nitro groups is 1. The molecule has 3 rings (SSSR count). The molecular weight excluding hydrogens is 440 g/mol. The molecule has 0 unspecified atom stereocenters. The SMILES string of the molecule is Cc1ccc(C(=O)NNc2ncnc(Nc3ccc(C(=O)OCC(C)C)cc3)c2[N+](=O)[O-])cc1. The van der Waals surface area contributed by atoms with Gasteiger partial charge in [-0.05, 0) is 49.2 Å². The summed E-state index contributed by atoms with van der Waals surface area (Å²) in [6, 6.07) is 13.1. The highest BCUT2D eigenvalue weighted by Crippen LogP contribution is 2.30. The van der Waals surface area contributed by atoms with Gasteiger partial charge in [0, 0.05) is 11.3 Å². The van der Waals surface area contributed by atoms with Gasteiger partial charge in [0.1, 0.15) is 6.33 Å². The molecule has 34 heavy (non-hydrogen) atoms. The normalized spacial score (nSPS) is 10.5. The summed E-state index contributed by atoms with van der Waals surface area (Å²) in [6.45, 7) is 6.07. The molecule has 176 valence electrons. The van der Waals surface area contributed by atoms with Gasteiger partial charge in [0.25, 0.3) is 5.91 Å². The molecule has 0 atom stereocenters. The van der Waals surface area contributed by atoms with Gasteiger partial charge in [0.15, 0.2) is 0 Å². The van der Waals surface area contributed by atoms with E-state index in [0.717, 1.165) is 11.9 Å². The van der Waals surface area contributed by atoms with Crippen molar-refractivity contribution in [1.82, 2.24) is 15.4 Å². The lowest BCUT2D eigenvalue weighted by Gasteiger charge is -2.11. The highest BCUT2D eigenvalue weighted by Gasteiger charge is 2.24. The van der Waals surface area contributed by atoms with Crippen molar-refractivity contribution in [1.29, 1.82) is 0 Å². The number of anilines is 3. The smallest absolute Gasteiger partial charge is 0.355 e. The quantitative estimate of drug-likeness (QED) is 0.243. The van der Waals surface area contributed by atoms with E-state index in [1.54, 1.807) is 48.5 Å². The van der Waals surface area contributed by atoms with E-state index in [1.165, 1.54) is 0 Å². The molecule has 2 aromatic carbocycles. The molecule has 3 N–H and O–H groups in total. The van der Waals surface area contributed by atoms with Crippen LogP contribution in [0.2, 0.25) is 0 Å². The highest BCUT2D eigenvalue weighted by molar-refractivity contribution is 5.95. The minimum absolute atomic E-state index is 0.0952. The van der Waals surface area contributed by atoms with Crippen LogP contribution in [0.3, 0.4) is 0 Å². The third-order valence-electron chi connectivity index (χ3n) is 4.54. The minimum Gasteiger partial charge on any atom is -0.462 e. The van der Waals surface area contributed by atoms with E-state index >= 15 is 0 Å². The maximum Gasteiger partial charge on any atom is 0.355 e. The maximum absolute atomic E-state index is 12.3. The summed E-state index contributed by atoms with van der Waals surface area (Å²) >= 11 is 0. The largest absolute Gasteiger partial charge is 0.462 e. The van der Waals surface area contributed by atoms with Gasteiger partial charge in [-0.2, -0.15) is 0 Å². The number of carbonyl (C=O) groups excluding carboxylic acids is 2. The predicted octanol–water partition coefficient (Wildman–Crippen LogP) is 4.01. The molecule has 0 aliphatic carbocycles. The van der Waals surface area contributed by atoms with Gasteiger partial charge in [-0.3, -0.25) is 25.8 Å². The zero-order valence-electron chi connectivity index (χ0n) is 18.9. The fourth-order valence-corrected chi connectivity index (χ4v) is 2.78. The first-order chi connectivity index (χ1) is 16.2. The van der Waals surface area contributed by atoms with E-state index in [-0.39, 0.29) is 17.6 Å². The number of ether oxygens (including phenoxy) is 1. The number of nitrogens with zero attached hydrogens (tertiary/aromatic N) is 3. The predicted molar refractivity (Wildman–Crippen MR) is 126 cm³/mol. The van der Waals surface area contributed by atoms with Crippen LogP contribution in [0.4, 0.5) is 23.0 Å². The van der Waals surface area contributed by atoms with Gasteiger partial charge in [-0.1, -0.05) is 31.5 Å². The second-order valence-corrected chi connectivity index (χ2v) is 7.82. The number of hydrogen-bond donors (Lipinski definition) is 3. The third kappa shape index (κ3) is 6.25. The number of hydrogen-bond acceptors (Lipinski definition) is 9. The van der Waals surface area contributed by atoms with Crippen LogP contribution in [0, 0.1) is 23.0 Å². The number of benzene rings is 2. The molecule has 11 heteroatoms. The molecule has 0 aliphatic heterocycles. The average molecular weight is 464 g/mol. The number of aromatic nitrogens is 2. The van der Waals surface area contributed by atoms with Crippen molar-refractivity contribution in [3.05, 3.63) is 81.7 Å². The van der Waals surface area contributed by atoms with Crippen molar-refractivity contribution in [3.8, 4) is 0 Å². The van der Waals surface area contributed by atoms with Gasteiger partial charge in [-0.15, -0.1) is 0 Å². The van der Waals surface area contributed by atoms with E-state index in [9.17, 15) is 19.7 Å². The Labute approximate surface area is 195 Å². The Morgan fingerprint density at radius 3 is 2.24 bits per heavy atom. The lowest BCUT2D eigenvalue weighted by atomic mass is 10.1. The Morgan fingerprint density at radius 1 is 1.00 bits per heavy atom. The van der Waals surface area contributed by atoms with Crippen LogP contribution in [0.25, 0.3) is 0 Å². The number of aryl methyl sites for hydroxylation is 1. The third-order valence-corrected chi connectivity index (χ3v) is 4.54. The van der Waals surface area contributed by atoms with Crippen LogP contribution in [0.5, 0.6) is 0 Å². The highest BCUT2D eigenvalue weighted by atomic mass is 16.6. The molecule has 0 saturated carbocycles. The lowest BCUT2D eigenvalue weighted by Crippen LogP contribution is -2.30. The number of rotatable bonds is 9. The van der Waals surface area contributed by atoms with Crippen molar-refractivity contribution < 1.29 is 19.2 Å². The van der Waals surface area contributed by atoms with Crippen LogP contribution in [-0.4, -0.2) is 33.4 Å². The fourth-order valence-electron chi connectivity index (χ4n) is 2.78. The van der Waals surface area contributed by atoms with Gasteiger partial charge < -0.3 is 10.1 Å². The number of amides is 1. The van der Waals surface area contributed by atoms with Gasteiger partial charge in [-0.25, -0.2) is 14.8 Å². The molecule has 3 aromatic rings. The Balaban J connectivity index is 1.73. The van der Waals surface area contributed by atoms with E-state index in [2.05, 4.69) is 26.1 Å². The van der Waals surface area contributed by atoms with Gasteiger partial charge in [0.05, 0.1) is 17.1 Å². The molecule has 0 spiro atoms. The molecule has 1 heterocycles. The summed E-state index contributed by atoms with van der Waals surface area (Å²) in [4.78, 5) is 43.3. The molecular formula is C23H24N6O5. The fraction of sp³-hybridized carbons (Fsp3) is 0.217. The Morgan fingerprint density at radius 2 is 1.62 bits per heavy atom. The summed E-state index contributed by atoms with van der Waals surface area (Å²) < 4.78 is 5.19. The lowest BCUT2D eigenvalue weighted by molar-refractivity contribution is -0.383. The van der Waals surface area contributed by atoms with E-state index in [4.69, 9.17) is 4.74 Å². The van der Waals surface area contributed by atoms with Crippen LogP contribution in [0.1, 0.15) is 40.1 Å².